The minimum atomic E-state index is -0.491. The Kier molecular flexibility index (Phi) is 3.27. The van der Waals surface area contributed by atoms with Crippen LogP contribution in [-0.4, -0.2) is 27.6 Å². The Balaban J connectivity index is 2.32. The highest BCUT2D eigenvalue weighted by Gasteiger charge is 2.13. The lowest BCUT2D eigenvalue weighted by molar-refractivity contribution is 0.0519. The maximum Gasteiger partial charge on any atom is 0.360 e. The van der Waals surface area contributed by atoms with Crippen molar-refractivity contribution in [2.45, 2.75) is 13.8 Å². The number of esters is 1. The van der Waals surface area contributed by atoms with E-state index < -0.39 is 5.97 Å². The standard InChI is InChI=1S/C12H14N4O2/c1-3-18-12(17)10-7-16(15-14-10)11-5-4-8(2)6-9(11)13/h4-7H,3,13H2,1-2H3. The van der Waals surface area contributed by atoms with Crippen LogP contribution >= 0.6 is 0 Å². The molecule has 6 heteroatoms. The lowest BCUT2D eigenvalue weighted by Crippen LogP contribution is -2.04. The van der Waals surface area contributed by atoms with Crippen LogP contribution in [0.1, 0.15) is 23.0 Å². The highest BCUT2D eigenvalue weighted by molar-refractivity contribution is 5.86. The molecule has 0 saturated heterocycles. The molecule has 0 unspecified atom stereocenters. The van der Waals surface area contributed by atoms with E-state index in [1.54, 1.807) is 6.92 Å². The van der Waals surface area contributed by atoms with E-state index in [9.17, 15) is 4.79 Å². The molecule has 0 spiro atoms. The lowest BCUT2D eigenvalue weighted by Gasteiger charge is -2.04. The molecule has 0 bridgehead atoms. The van der Waals surface area contributed by atoms with Crippen LogP contribution in [0.15, 0.2) is 24.4 Å². The summed E-state index contributed by atoms with van der Waals surface area (Å²) in [7, 11) is 0. The number of nitrogen functional groups attached to an aromatic ring is 1. The predicted molar refractivity (Wildman–Crippen MR) is 66.5 cm³/mol. The average molecular weight is 246 g/mol. The molecule has 18 heavy (non-hydrogen) atoms. The second-order valence-corrected chi connectivity index (χ2v) is 3.83. The van der Waals surface area contributed by atoms with Gasteiger partial charge in [-0.3, -0.25) is 0 Å². The van der Waals surface area contributed by atoms with Gasteiger partial charge in [0.2, 0.25) is 0 Å². The number of aryl methyl sites for hydroxylation is 1. The molecular formula is C12H14N4O2. The number of anilines is 1. The van der Waals surface area contributed by atoms with Crippen molar-refractivity contribution in [3.8, 4) is 5.69 Å². The number of nitrogens with two attached hydrogens (primary N) is 1. The summed E-state index contributed by atoms with van der Waals surface area (Å²) < 4.78 is 6.30. The van der Waals surface area contributed by atoms with E-state index in [1.807, 2.05) is 25.1 Å². The van der Waals surface area contributed by atoms with Gasteiger partial charge >= 0.3 is 5.97 Å². The quantitative estimate of drug-likeness (QED) is 0.652. The van der Waals surface area contributed by atoms with E-state index in [0.29, 0.717) is 18.0 Å². The number of hydrogen-bond acceptors (Lipinski definition) is 5. The van der Waals surface area contributed by atoms with Gasteiger partial charge in [0.1, 0.15) is 0 Å². The molecule has 0 aliphatic heterocycles. The number of nitrogens with zero attached hydrogens (tertiary/aromatic N) is 3. The van der Waals surface area contributed by atoms with E-state index in [2.05, 4.69) is 10.3 Å². The van der Waals surface area contributed by atoms with Crippen molar-refractivity contribution in [1.82, 2.24) is 15.0 Å². The van der Waals surface area contributed by atoms with Crippen LogP contribution in [0.2, 0.25) is 0 Å². The third-order valence-electron chi connectivity index (χ3n) is 2.41. The van der Waals surface area contributed by atoms with Gasteiger partial charge in [-0.1, -0.05) is 11.3 Å². The molecule has 0 radical (unpaired) electrons. The number of rotatable bonds is 3. The molecule has 0 atom stereocenters. The maximum absolute atomic E-state index is 11.5. The Morgan fingerprint density at radius 3 is 2.94 bits per heavy atom. The van der Waals surface area contributed by atoms with Crippen molar-refractivity contribution in [3.63, 3.8) is 0 Å². The van der Waals surface area contributed by atoms with Crippen molar-refractivity contribution in [1.29, 1.82) is 0 Å². The normalized spacial score (nSPS) is 10.3. The van der Waals surface area contributed by atoms with Crippen molar-refractivity contribution in [2.75, 3.05) is 12.3 Å². The highest BCUT2D eigenvalue weighted by atomic mass is 16.5. The summed E-state index contributed by atoms with van der Waals surface area (Å²) in [5.74, 6) is -0.491. The largest absolute Gasteiger partial charge is 0.461 e. The fraction of sp³-hybridized carbons (Fsp3) is 0.250. The second kappa shape index (κ2) is 4.87. The molecule has 0 fully saturated rings. The first kappa shape index (κ1) is 12.1. The fourth-order valence-corrected chi connectivity index (χ4v) is 1.56. The van der Waals surface area contributed by atoms with E-state index in [1.165, 1.54) is 10.9 Å². The zero-order valence-corrected chi connectivity index (χ0v) is 10.3. The number of aromatic nitrogens is 3. The molecular weight excluding hydrogens is 232 g/mol. The van der Waals surface area contributed by atoms with Gasteiger partial charge in [-0.25, -0.2) is 9.48 Å². The van der Waals surface area contributed by atoms with Gasteiger partial charge in [-0.05, 0) is 31.5 Å². The van der Waals surface area contributed by atoms with Crippen molar-refractivity contribution < 1.29 is 9.53 Å². The van der Waals surface area contributed by atoms with Crippen LogP contribution in [0.5, 0.6) is 0 Å². The molecule has 0 saturated carbocycles. The van der Waals surface area contributed by atoms with Crippen LogP contribution < -0.4 is 5.73 Å². The van der Waals surface area contributed by atoms with Crippen LogP contribution in [-0.2, 0) is 4.74 Å². The highest BCUT2D eigenvalue weighted by Crippen LogP contribution is 2.17. The monoisotopic (exact) mass is 246 g/mol. The molecule has 1 aromatic heterocycles. The lowest BCUT2D eigenvalue weighted by atomic mass is 10.2. The fourth-order valence-electron chi connectivity index (χ4n) is 1.56. The molecule has 2 rings (SSSR count). The summed E-state index contributed by atoms with van der Waals surface area (Å²) in [4.78, 5) is 11.5. The summed E-state index contributed by atoms with van der Waals surface area (Å²) in [6.07, 6.45) is 1.50. The topological polar surface area (TPSA) is 83.0 Å². The van der Waals surface area contributed by atoms with Crippen LogP contribution in [0, 0.1) is 6.92 Å². The minimum absolute atomic E-state index is 0.164. The molecule has 0 amide bonds. The first-order chi connectivity index (χ1) is 8.61. The molecule has 1 aromatic carbocycles. The van der Waals surface area contributed by atoms with Crippen LogP contribution in [0.25, 0.3) is 5.69 Å². The number of benzene rings is 1. The van der Waals surface area contributed by atoms with Gasteiger partial charge in [0.15, 0.2) is 5.69 Å². The van der Waals surface area contributed by atoms with E-state index in [0.717, 1.165) is 5.56 Å². The third kappa shape index (κ3) is 2.32. The molecule has 6 nitrogen and oxygen atoms in total. The van der Waals surface area contributed by atoms with Gasteiger partial charge in [-0.15, -0.1) is 5.10 Å². The Morgan fingerprint density at radius 2 is 2.28 bits per heavy atom. The number of carbonyl (C=O) groups is 1. The number of hydrogen-bond donors (Lipinski definition) is 1. The first-order valence-electron chi connectivity index (χ1n) is 5.57. The van der Waals surface area contributed by atoms with Gasteiger partial charge in [-0.2, -0.15) is 0 Å². The molecule has 94 valence electrons. The van der Waals surface area contributed by atoms with Gasteiger partial charge < -0.3 is 10.5 Å². The van der Waals surface area contributed by atoms with Gasteiger partial charge in [0.25, 0.3) is 0 Å². The van der Waals surface area contributed by atoms with Crippen molar-refractivity contribution in [2.24, 2.45) is 0 Å². The van der Waals surface area contributed by atoms with Crippen molar-refractivity contribution >= 4 is 11.7 Å². The molecule has 0 aliphatic rings. The van der Waals surface area contributed by atoms with E-state index in [4.69, 9.17) is 10.5 Å². The Morgan fingerprint density at radius 1 is 1.50 bits per heavy atom. The molecule has 2 aromatic rings. The minimum Gasteiger partial charge on any atom is -0.461 e. The van der Waals surface area contributed by atoms with Crippen molar-refractivity contribution in [3.05, 3.63) is 35.7 Å². The zero-order valence-electron chi connectivity index (χ0n) is 10.3. The Bertz CT molecular complexity index is 577. The zero-order chi connectivity index (χ0) is 13.1. The Labute approximate surface area is 104 Å². The average Bonchev–Trinajstić information content (AvgIpc) is 2.78. The van der Waals surface area contributed by atoms with Crippen LogP contribution in [0.4, 0.5) is 5.69 Å². The molecule has 1 heterocycles. The number of carbonyl (C=O) groups excluding carboxylic acids is 1. The summed E-state index contributed by atoms with van der Waals surface area (Å²) in [6, 6.07) is 5.58. The smallest absolute Gasteiger partial charge is 0.360 e. The third-order valence-corrected chi connectivity index (χ3v) is 2.41. The summed E-state index contributed by atoms with van der Waals surface area (Å²) in [6.45, 7) is 3.99. The number of ether oxygens (including phenoxy) is 1. The van der Waals surface area contributed by atoms with Gasteiger partial charge in [0.05, 0.1) is 24.2 Å². The SMILES string of the molecule is CCOC(=O)c1cn(-c2ccc(C)cc2N)nn1. The maximum atomic E-state index is 11.5. The summed E-state index contributed by atoms with van der Waals surface area (Å²) in [5, 5.41) is 7.62. The second-order valence-electron chi connectivity index (χ2n) is 3.83. The summed E-state index contributed by atoms with van der Waals surface area (Å²) >= 11 is 0. The first-order valence-corrected chi connectivity index (χ1v) is 5.57. The van der Waals surface area contributed by atoms with E-state index in [-0.39, 0.29) is 5.69 Å². The van der Waals surface area contributed by atoms with E-state index >= 15 is 0 Å². The molecule has 0 aliphatic carbocycles. The van der Waals surface area contributed by atoms with Gasteiger partial charge in [0, 0.05) is 0 Å². The predicted octanol–water partition coefficient (Wildman–Crippen LogP) is 1.33. The Hall–Kier alpha value is -2.37. The van der Waals surface area contributed by atoms with Crippen LogP contribution in [0.3, 0.4) is 0 Å². The molecule has 2 N–H and O–H groups in total. The summed E-state index contributed by atoms with van der Waals surface area (Å²) in [5.41, 5.74) is 8.38.